The third-order valence-corrected chi connectivity index (χ3v) is 3.22. The van der Waals surface area contributed by atoms with Crippen molar-refractivity contribution in [2.24, 2.45) is 0 Å². The van der Waals surface area contributed by atoms with Gasteiger partial charge in [-0.25, -0.2) is 4.63 Å². The van der Waals surface area contributed by atoms with Gasteiger partial charge in [0.25, 0.3) is 0 Å². The lowest BCUT2D eigenvalue weighted by atomic mass is 10.2. The van der Waals surface area contributed by atoms with Crippen LogP contribution in [0.25, 0.3) is 11.0 Å². The third kappa shape index (κ3) is 4.05. The van der Waals surface area contributed by atoms with Crippen LogP contribution < -0.4 is 10.6 Å². The molecule has 0 aliphatic heterocycles. The van der Waals surface area contributed by atoms with E-state index in [-0.39, 0.29) is 17.8 Å². The SMILES string of the molecule is CN(C)CCNc1cc(NCCCO)c([N+](=O)[O-])c2nonc12. The number of nitrogens with one attached hydrogen (secondary N) is 2. The normalized spacial score (nSPS) is 11.1. The van der Waals surface area contributed by atoms with Crippen LogP contribution in [0.1, 0.15) is 6.42 Å². The summed E-state index contributed by atoms with van der Waals surface area (Å²) in [5, 5.41) is 33.8. The molecule has 3 N–H and O–H groups in total. The lowest BCUT2D eigenvalue weighted by molar-refractivity contribution is -0.382. The molecule has 0 radical (unpaired) electrons. The minimum Gasteiger partial charge on any atom is -0.396 e. The van der Waals surface area contributed by atoms with Crippen LogP contribution >= 0.6 is 0 Å². The molecular formula is C13H20N6O4. The first-order valence-electron chi connectivity index (χ1n) is 7.21. The van der Waals surface area contributed by atoms with Crippen molar-refractivity contribution in [1.82, 2.24) is 15.2 Å². The predicted octanol–water partition coefficient (Wildman–Crippen LogP) is 0.899. The average Bonchev–Trinajstić information content (AvgIpc) is 2.96. The minimum absolute atomic E-state index is 0.00248. The highest BCUT2D eigenvalue weighted by Gasteiger charge is 2.25. The summed E-state index contributed by atoms with van der Waals surface area (Å²) in [6, 6.07) is 1.62. The smallest absolute Gasteiger partial charge is 0.323 e. The summed E-state index contributed by atoms with van der Waals surface area (Å²) >= 11 is 0. The van der Waals surface area contributed by atoms with Gasteiger partial charge in [0, 0.05) is 26.2 Å². The van der Waals surface area contributed by atoms with Crippen LogP contribution in [0.2, 0.25) is 0 Å². The van der Waals surface area contributed by atoms with Crippen molar-refractivity contribution in [1.29, 1.82) is 0 Å². The van der Waals surface area contributed by atoms with Gasteiger partial charge in [0.1, 0.15) is 5.69 Å². The second kappa shape index (κ2) is 7.70. The number of aliphatic hydroxyl groups is 1. The molecule has 126 valence electrons. The van der Waals surface area contributed by atoms with E-state index < -0.39 is 4.92 Å². The second-order valence-corrected chi connectivity index (χ2v) is 5.27. The molecule has 23 heavy (non-hydrogen) atoms. The number of benzene rings is 1. The van der Waals surface area contributed by atoms with Gasteiger partial charge in [-0.1, -0.05) is 0 Å². The van der Waals surface area contributed by atoms with E-state index in [9.17, 15) is 10.1 Å². The van der Waals surface area contributed by atoms with Crippen molar-refractivity contribution in [2.45, 2.75) is 6.42 Å². The molecule has 1 heterocycles. The molecule has 0 saturated carbocycles. The molecule has 0 saturated heterocycles. The van der Waals surface area contributed by atoms with E-state index in [1.807, 2.05) is 19.0 Å². The number of fused-ring (bicyclic) bond motifs is 1. The van der Waals surface area contributed by atoms with Crippen molar-refractivity contribution in [3.8, 4) is 0 Å². The van der Waals surface area contributed by atoms with E-state index in [0.29, 0.717) is 36.4 Å². The maximum atomic E-state index is 11.4. The van der Waals surface area contributed by atoms with Gasteiger partial charge in [0.05, 0.1) is 10.6 Å². The first kappa shape index (κ1) is 16.9. The van der Waals surface area contributed by atoms with Crippen LogP contribution in [0.4, 0.5) is 17.1 Å². The van der Waals surface area contributed by atoms with Crippen molar-refractivity contribution >= 4 is 28.1 Å². The standard InChI is InChI=1S/C13H20N6O4/c1-18(2)6-5-15-9-8-10(14-4-3-7-20)13(19(21)22)12-11(9)16-23-17-12/h8,14-15,20H,3-7H2,1-2H3. The Morgan fingerprint density at radius 3 is 2.61 bits per heavy atom. The van der Waals surface area contributed by atoms with Gasteiger partial charge in [-0.15, -0.1) is 0 Å². The molecular weight excluding hydrogens is 304 g/mol. The second-order valence-electron chi connectivity index (χ2n) is 5.27. The fraction of sp³-hybridized carbons (Fsp3) is 0.538. The molecule has 0 fully saturated rings. The first-order valence-corrected chi connectivity index (χ1v) is 7.21. The van der Waals surface area contributed by atoms with Crippen molar-refractivity contribution in [3.05, 3.63) is 16.2 Å². The Hall–Kier alpha value is -2.46. The Morgan fingerprint density at radius 2 is 1.96 bits per heavy atom. The topological polar surface area (TPSA) is 130 Å². The van der Waals surface area contributed by atoms with Crippen molar-refractivity contribution < 1.29 is 14.7 Å². The van der Waals surface area contributed by atoms with Crippen LogP contribution in [0, 0.1) is 10.1 Å². The van der Waals surface area contributed by atoms with E-state index in [1.165, 1.54) is 0 Å². The number of aromatic nitrogens is 2. The van der Waals surface area contributed by atoms with Gasteiger partial charge >= 0.3 is 5.69 Å². The van der Waals surface area contributed by atoms with E-state index in [1.54, 1.807) is 6.07 Å². The zero-order chi connectivity index (χ0) is 16.8. The van der Waals surface area contributed by atoms with Gasteiger partial charge in [-0.3, -0.25) is 10.1 Å². The zero-order valence-corrected chi connectivity index (χ0v) is 13.1. The molecule has 0 aliphatic rings. The molecule has 1 aromatic carbocycles. The fourth-order valence-electron chi connectivity index (χ4n) is 2.10. The number of nitro groups is 1. The van der Waals surface area contributed by atoms with Gasteiger partial charge in [0.15, 0.2) is 5.52 Å². The molecule has 0 amide bonds. The summed E-state index contributed by atoms with van der Waals surface area (Å²) in [6.45, 7) is 1.84. The van der Waals surface area contributed by atoms with Crippen molar-refractivity contribution in [3.63, 3.8) is 0 Å². The molecule has 0 spiro atoms. The Labute approximate surface area is 132 Å². The Morgan fingerprint density at radius 1 is 1.26 bits per heavy atom. The summed E-state index contributed by atoms with van der Waals surface area (Å²) in [6.07, 6.45) is 0.482. The Kier molecular flexibility index (Phi) is 5.66. The van der Waals surface area contributed by atoms with Crippen LogP contribution in [0.3, 0.4) is 0 Å². The van der Waals surface area contributed by atoms with Crippen LogP contribution in [-0.2, 0) is 0 Å². The lowest BCUT2D eigenvalue weighted by Gasteiger charge is -2.13. The number of nitrogens with zero attached hydrogens (tertiary/aromatic N) is 4. The minimum atomic E-state index is -0.516. The maximum Gasteiger partial charge on any atom is 0.323 e. The van der Waals surface area contributed by atoms with E-state index in [4.69, 9.17) is 5.11 Å². The molecule has 10 nitrogen and oxygen atoms in total. The number of hydrogen-bond acceptors (Lipinski definition) is 9. The summed E-state index contributed by atoms with van der Waals surface area (Å²) < 4.78 is 4.68. The number of anilines is 2. The van der Waals surface area contributed by atoms with E-state index in [0.717, 1.165) is 6.54 Å². The molecule has 1 aromatic heterocycles. The van der Waals surface area contributed by atoms with Gasteiger partial charge in [-0.2, -0.15) is 0 Å². The van der Waals surface area contributed by atoms with Crippen molar-refractivity contribution in [2.75, 3.05) is 51.0 Å². The molecule has 0 unspecified atom stereocenters. The van der Waals surface area contributed by atoms with Gasteiger partial charge in [0.2, 0.25) is 5.52 Å². The number of rotatable bonds is 9. The largest absolute Gasteiger partial charge is 0.396 e. The lowest BCUT2D eigenvalue weighted by Crippen LogP contribution is -2.21. The highest BCUT2D eigenvalue weighted by Crippen LogP contribution is 2.36. The fourth-order valence-corrected chi connectivity index (χ4v) is 2.10. The molecule has 0 atom stereocenters. The summed E-state index contributed by atoms with van der Waals surface area (Å²) in [5.74, 6) is 0. The highest BCUT2D eigenvalue weighted by atomic mass is 16.6. The number of hydrogen-bond donors (Lipinski definition) is 3. The summed E-state index contributed by atoms with van der Waals surface area (Å²) in [7, 11) is 3.90. The Balaban J connectivity index is 2.36. The molecule has 2 rings (SSSR count). The third-order valence-electron chi connectivity index (χ3n) is 3.22. The average molecular weight is 324 g/mol. The number of aliphatic hydroxyl groups excluding tert-OH is 1. The first-order chi connectivity index (χ1) is 11.0. The molecule has 10 heteroatoms. The number of nitro benzene ring substituents is 1. The Bertz CT molecular complexity index is 672. The van der Waals surface area contributed by atoms with Gasteiger partial charge in [-0.05, 0) is 36.9 Å². The summed E-state index contributed by atoms with van der Waals surface area (Å²) in [5.41, 5.74) is 1.16. The zero-order valence-electron chi connectivity index (χ0n) is 13.1. The molecule has 0 aliphatic carbocycles. The van der Waals surface area contributed by atoms with E-state index in [2.05, 4.69) is 25.6 Å². The number of likely N-dealkylation sites (N-methyl/N-ethyl adjacent to an activating group) is 1. The van der Waals surface area contributed by atoms with Crippen LogP contribution in [-0.4, -0.2) is 65.6 Å². The van der Waals surface area contributed by atoms with Crippen LogP contribution in [0.5, 0.6) is 0 Å². The van der Waals surface area contributed by atoms with Gasteiger partial charge < -0.3 is 20.6 Å². The predicted molar refractivity (Wildman–Crippen MR) is 85.7 cm³/mol. The highest BCUT2D eigenvalue weighted by molar-refractivity contribution is 5.99. The monoisotopic (exact) mass is 324 g/mol. The maximum absolute atomic E-state index is 11.4. The van der Waals surface area contributed by atoms with E-state index >= 15 is 0 Å². The molecule has 0 bridgehead atoms. The quantitative estimate of drug-likeness (QED) is 0.350. The summed E-state index contributed by atoms with van der Waals surface area (Å²) in [4.78, 5) is 12.9. The molecule has 2 aromatic rings. The van der Waals surface area contributed by atoms with Crippen LogP contribution in [0.15, 0.2) is 10.7 Å².